The molecule has 0 bridgehead atoms. The number of rotatable bonds is 9. The highest BCUT2D eigenvalue weighted by atomic mass is 16.5. The van der Waals surface area contributed by atoms with Crippen LogP contribution in [-0.2, 0) is 16.1 Å². The number of benzene rings is 2. The fourth-order valence-corrected chi connectivity index (χ4v) is 3.12. The van der Waals surface area contributed by atoms with Crippen molar-refractivity contribution in [2.24, 2.45) is 0 Å². The number of carbonyl (C=O) groups excluding carboxylic acids is 2. The van der Waals surface area contributed by atoms with E-state index < -0.39 is 11.6 Å². The van der Waals surface area contributed by atoms with Gasteiger partial charge in [-0.05, 0) is 45.7 Å². The number of nitrogens with zero attached hydrogens (tertiary/aromatic N) is 1. The van der Waals surface area contributed by atoms with Gasteiger partial charge in [0.25, 0.3) is 5.91 Å². The fraction of sp³-hybridized carbons (Fsp3) is 0.440. The van der Waals surface area contributed by atoms with Gasteiger partial charge in [-0.3, -0.25) is 9.59 Å². The van der Waals surface area contributed by atoms with E-state index in [-0.39, 0.29) is 18.4 Å². The Bertz CT molecular complexity index is 914. The van der Waals surface area contributed by atoms with Gasteiger partial charge in [0.2, 0.25) is 5.91 Å². The fourth-order valence-electron chi connectivity index (χ4n) is 3.12. The van der Waals surface area contributed by atoms with Gasteiger partial charge in [0.1, 0.15) is 23.3 Å². The lowest BCUT2D eigenvalue weighted by molar-refractivity contribution is -0.142. The highest BCUT2D eigenvalue weighted by Crippen LogP contribution is 2.27. The molecule has 1 N–H and O–H groups in total. The number of carbonyl (C=O) groups is 2. The maximum Gasteiger partial charge on any atom is 0.261 e. The molecule has 0 saturated heterocycles. The topological polar surface area (TPSA) is 77.1 Å². The van der Waals surface area contributed by atoms with Gasteiger partial charge in [-0.25, -0.2) is 0 Å². The van der Waals surface area contributed by atoms with Crippen LogP contribution in [-0.4, -0.2) is 49.1 Å². The summed E-state index contributed by atoms with van der Waals surface area (Å²) in [5.74, 6) is 1.04. The van der Waals surface area contributed by atoms with Crippen LogP contribution in [0.15, 0.2) is 42.5 Å². The minimum atomic E-state index is -0.676. The monoisotopic (exact) mass is 442 g/mol. The molecule has 2 aromatic carbocycles. The van der Waals surface area contributed by atoms with Gasteiger partial charge in [0.05, 0.1) is 14.2 Å². The second-order valence-electron chi connectivity index (χ2n) is 8.70. The largest absolute Gasteiger partial charge is 0.496 e. The van der Waals surface area contributed by atoms with Crippen molar-refractivity contribution in [1.29, 1.82) is 0 Å². The Balaban J connectivity index is 2.23. The van der Waals surface area contributed by atoms with Gasteiger partial charge in [0.15, 0.2) is 6.61 Å². The van der Waals surface area contributed by atoms with Crippen LogP contribution < -0.4 is 19.5 Å². The predicted octanol–water partition coefficient (Wildman–Crippen LogP) is 3.72. The Kier molecular flexibility index (Phi) is 8.52. The molecule has 1 atom stereocenters. The standard InChI is InChI=1S/C25H34N2O5/c1-17-10-8-9-11-19(17)15-27(18(2)24(29)26-25(3,4)5)23(28)16-32-22-13-20(30-6)12-21(14-22)31-7/h8-14,18H,15-16H2,1-7H3,(H,26,29). The van der Waals surface area contributed by atoms with Crippen LogP contribution in [0.2, 0.25) is 0 Å². The van der Waals surface area contributed by atoms with Crippen LogP contribution in [0, 0.1) is 6.92 Å². The average Bonchev–Trinajstić information content (AvgIpc) is 2.74. The van der Waals surface area contributed by atoms with Crippen molar-refractivity contribution in [1.82, 2.24) is 10.2 Å². The average molecular weight is 443 g/mol. The number of nitrogens with one attached hydrogen (secondary N) is 1. The first-order valence-corrected chi connectivity index (χ1v) is 10.6. The smallest absolute Gasteiger partial charge is 0.261 e. The molecular formula is C25H34N2O5. The number of ether oxygens (including phenoxy) is 3. The minimum Gasteiger partial charge on any atom is -0.496 e. The molecule has 0 aromatic heterocycles. The normalized spacial score (nSPS) is 12.0. The summed E-state index contributed by atoms with van der Waals surface area (Å²) in [7, 11) is 3.09. The number of hydrogen-bond acceptors (Lipinski definition) is 5. The molecule has 0 aliphatic rings. The van der Waals surface area contributed by atoms with Crippen molar-refractivity contribution >= 4 is 11.8 Å². The van der Waals surface area contributed by atoms with Crippen molar-refractivity contribution in [2.75, 3.05) is 20.8 Å². The Labute approximate surface area is 190 Å². The molecule has 0 saturated carbocycles. The van der Waals surface area contributed by atoms with Gasteiger partial charge < -0.3 is 24.4 Å². The van der Waals surface area contributed by atoms with Gasteiger partial charge in [0, 0.05) is 30.3 Å². The molecule has 0 radical (unpaired) electrons. The number of methoxy groups -OCH3 is 2. The van der Waals surface area contributed by atoms with Crippen LogP contribution in [0.1, 0.15) is 38.8 Å². The maximum atomic E-state index is 13.2. The number of aryl methyl sites for hydroxylation is 1. The third-order valence-corrected chi connectivity index (χ3v) is 4.95. The van der Waals surface area contributed by atoms with E-state index in [2.05, 4.69) is 5.32 Å². The SMILES string of the molecule is COc1cc(OC)cc(OCC(=O)N(Cc2ccccc2C)C(C)C(=O)NC(C)(C)C)c1. The molecule has 0 spiro atoms. The van der Waals surface area contributed by atoms with Gasteiger partial charge in [-0.1, -0.05) is 24.3 Å². The number of hydrogen-bond donors (Lipinski definition) is 1. The molecular weight excluding hydrogens is 408 g/mol. The van der Waals surface area contributed by atoms with E-state index in [9.17, 15) is 9.59 Å². The highest BCUT2D eigenvalue weighted by Gasteiger charge is 2.29. The molecule has 2 aromatic rings. The first-order valence-electron chi connectivity index (χ1n) is 10.6. The van der Waals surface area contributed by atoms with Gasteiger partial charge in [-0.15, -0.1) is 0 Å². The van der Waals surface area contributed by atoms with E-state index in [1.165, 1.54) is 0 Å². The number of amides is 2. The van der Waals surface area contributed by atoms with Crippen LogP contribution in [0.5, 0.6) is 17.2 Å². The summed E-state index contributed by atoms with van der Waals surface area (Å²) in [4.78, 5) is 27.6. The maximum absolute atomic E-state index is 13.2. The predicted molar refractivity (Wildman–Crippen MR) is 124 cm³/mol. The van der Waals surface area contributed by atoms with Gasteiger partial charge in [-0.2, -0.15) is 0 Å². The first kappa shape index (κ1) is 25.0. The molecule has 1 unspecified atom stereocenters. The first-order chi connectivity index (χ1) is 15.0. The van der Waals surface area contributed by atoms with Crippen LogP contribution in [0.4, 0.5) is 0 Å². The zero-order valence-corrected chi connectivity index (χ0v) is 20.0. The Hall–Kier alpha value is -3.22. The second kappa shape index (κ2) is 10.9. The molecule has 2 amide bonds. The van der Waals surface area contributed by atoms with Crippen molar-refractivity contribution in [3.8, 4) is 17.2 Å². The van der Waals surface area contributed by atoms with E-state index in [1.807, 2.05) is 52.0 Å². The summed E-state index contributed by atoms with van der Waals surface area (Å²) >= 11 is 0. The van der Waals surface area contributed by atoms with Crippen LogP contribution in [0.3, 0.4) is 0 Å². The van der Waals surface area contributed by atoms with E-state index in [4.69, 9.17) is 14.2 Å². The van der Waals surface area contributed by atoms with Crippen molar-refractivity contribution in [3.63, 3.8) is 0 Å². The molecule has 0 fully saturated rings. The Morgan fingerprint density at radius 2 is 1.56 bits per heavy atom. The third-order valence-electron chi connectivity index (χ3n) is 4.95. The summed E-state index contributed by atoms with van der Waals surface area (Å²) in [5, 5.41) is 2.95. The molecule has 2 rings (SSSR count). The van der Waals surface area contributed by atoms with E-state index in [0.717, 1.165) is 11.1 Å². The van der Waals surface area contributed by atoms with E-state index >= 15 is 0 Å². The molecule has 32 heavy (non-hydrogen) atoms. The molecule has 7 nitrogen and oxygen atoms in total. The quantitative estimate of drug-likeness (QED) is 0.640. The van der Waals surface area contributed by atoms with Crippen molar-refractivity contribution in [3.05, 3.63) is 53.6 Å². The highest BCUT2D eigenvalue weighted by molar-refractivity contribution is 5.88. The molecule has 0 aliphatic heterocycles. The van der Waals surface area contributed by atoms with Crippen molar-refractivity contribution < 1.29 is 23.8 Å². The van der Waals surface area contributed by atoms with E-state index in [1.54, 1.807) is 44.2 Å². The third kappa shape index (κ3) is 7.18. The van der Waals surface area contributed by atoms with Crippen LogP contribution >= 0.6 is 0 Å². The second-order valence-corrected chi connectivity index (χ2v) is 8.70. The lowest BCUT2D eigenvalue weighted by Gasteiger charge is -2.31. The van der Waals surface area contributed by atoms with Crippen molar-refractivity contribution in [2.45, 2.75) is 52.7 Å². The lowest BCUT2D eigenvalue weighted by atomic mass is 10.1. The van der Waals surface area contributed by atoms with Crippen LogP contribution in [0.25, 0.3) is 0 Å². The van der Waals surface area contributed by atoms with E-state index in [0.29, 0.717) is 23.8 Å². The summed E-state index contributed by atoms with van der Waals surface area (Å²) in [6.45, 7) is 9.51. The zero-order chi connectivity index (χ0) is 23.9. The molecule has 174 valence electrons. The molecule has 7 heteroatoms. The lowest BCUT2D eigenvalue weighted by Crippen LogP contribution is -2.53. The summed E-state index contributed by atoms with van der Waals surface area (Å²) in [6.07, 6.45) is 0. The Morgan fingerprint density at radius 1 is 1.00 bits per heavy atom. The minimum absolute atomic E-state index is 0.220. The summed E-state index contributed by atoms with van der Waals surface area (Å²) in [6, 6.07) is 12.2. The van der Waals surface area contributed by atoms with Gasteiger partial charge >= 0.3 is 0 Å². The molecule has 0 aliphatic carbocycles. The Morgan fingerprint density at radius 3 is 2.09 bits per heavy atom. The summed E-state index contributed by atoms with van der Waals surface area (Å²) in [5.41, 5.74) is 1.61. The zero-order valence-electron chi connectivity index (χ0n) is 20.0. The molecule has 0 heterocycles. The summed E-state index contributed by atoms with van der Waals surface area (Å²) < 4.78 is 16.3.